The Balaban J connectivity index is 2.31. The van der Waals surface area contributed by atoms with Gasteiger partial charge in [0.1, 0.15) is 9.88 Å². The number of nitrogens with two attached hydrogens (primary N) is 1. The SMILES string of the molecule is NC(=S)c1ccc(S(=O)(=O)Nc2ccc(Br)cc2Br)cn1. The van der Waals surface area contributed by atoms with Crippen LogP contribution in [0.1, 0.15) is 5.69 Å². The molecule has 0 radical (unpaired) electrons. The van der Waals surface area contributed by atoms with Crippen molar-refractivity contribution in [3.8, 4) is 0 Å². The summed E-state index contributed by atoms with van der Waals surface area (Å²) in [5.41, 5.74) is 6.22. The molecule has 0 aliphatic rings. The molecule has 0 bridgehead atoms. The Bertz CT molecular complexity index is 793. The first-order valence-electron chi connectivity index (χ1n) is 5.53. The highest BCUT2D eigenvalue weighted by molar-refractivity contribution is 9.11. The highest BCUT2D eigenvalue weighted by Crippen LogP contribution is 2.28. The van der Waals surface area contributed by atoms with E-state index in [1.807, 2.05) is 0 Å². The summed E-state index contributed by atoms with van der Waals surface area (Å²) in [5.74, 6) is 0. The van der Waals surface area contributed by atoms with Gasteiger partial charge in [-0.25, -0.2) is 8.42 Å². The van der Waals surface area contributed by atoms with Crippen molar-refractivity contribution in [2.24, 2.45) is 5.73 Å². The van der Waals surface area contributed by atoms with E-state index in [4.69, 9.17) is 18.0 Å². The van der Waals surface area contributed by atoms with Gasteiger partial charge in [0.05, 0.1) is 11.4 Å². The van der Waals surface area contributed by atoms with Gasteiger partial charge < -0.3 is 5.73 Å². The lowest BCUT2D eigenvalue weighted by Gasteiger charge is -2.10. The molecule has 0 amide bonds. The molecule has 2 rings (SSSR count). The molecule has 1 heterocycles. The molecule has 21 heavy (non-hydrogen) atoms. The zero-order valence-electron chi connectivity index (χ0n) is 10.4. The van der Waals surface area contributed by atoms with Crippen LogP contribution in [0.25, 0.3) is 0 Å². The molecular weight excluding hydrogens is 442 g/mol. The summed E-state index contributed by atoms with van der Waals surface area (Å²) in [7, 11) is -3.73. The van der Waals surface area contributed by atoms with Gasteiger partial charge in [0, 0.05) is 15.1 Å². The van der Waals surface area contributed by atoms with E-state index >= 15 is 0 Å². The summed E-state index contributed by atoms with van der Waals surface area (Å²) in [6.45, 7) is 0. The third-order valence-electron chi connectivity index (χ3n) is 2.47. The summed E-state index contributed by atoms with van der Waals surface area (Å²) < 4.78 is 28.5. The second-order valence-electron chi connectivity index (χ2n) is 3.97. The van der Waals surface area contributed by atoms with E-state index in [9.17, 15) is 8.42 Å². The van der Waals surface area contributed by atoms with Gasteiger partial charge in [-0.3, -0.25) is 9.71 Å². The third kappa shape index (κ3) is 4.00. The third-order valence-corrected chi connectivity index (χ3v) is 5.18. The van der Waals surface area contributed by atoms with Crippen LogP contribution in [0.3, 0.4) is 0 Å². The Labute approximate surface area is 144 Å². The number of nitrogens with zero attached hydrogens (tertiary/aromatic N) is 1. The molecule has 0 fully saturated rings. The summed E-state index contributed by atoms with van der Waals surface area (Å²) in [6.07, 6.45) is 1.21. The minimum atomic E-state index is -3.73. The number of rotatable bonds is 4. The Morgan fingerprint density at radius 2 is 1.95 bits per heavy atom. The number of halogens is 2. The van der Waals surface area contributed by atoms with Gasteiger partial charge >= 0.3 is 0 Å². The summed E-state index contributed by atoms with van der Waals surface area (Å²) in [5, 5.41) is 0. The van der Waals surface area contributed by atoms with Crippen molar-refractivity contribution in [1.82, 2.24) is 4.98 Å². The monoisotopic (exact) mass is 449 g/mol. The maximum Gasteiger partial charge on any atom is 0.263 e. The number of thiocarbonyl (C=S) groups is 1. The van der Waals surface area contributed by atoms with Crippen LogP contribution in [0.5, 0.6) is 0 Å². The van der Waals surface area contributed by atoms with Crippen molar-refractivity contribution in [2.75, 3.05) is 4.72 Å². The molecule has 2 aromatic rings. The largest absolute Gasteiger partial charge is 0.388 e. The van der Waals surface area contributed by atoms with E-state index in [1.54, 1.807) is 18.2 Å². The molecule has 1 aromatic heterocycles. The van der Waals surface area contributed by atoms with E-state index in [1.165, 1.54) is 18.3 Å². The van der Waals surface area contributed by atoms with Crippen LogP contribution in [0, 0.1) is 0 Å². The lowest BCUT2D eigenvalue weighted by molar-refractivity contribution is 0.601. The van der Waals surface area contributed by atoms with Crippen LogP contribution in [-0.4, -0.2) is 18.4 Å². The Hall–Kier alpha value is -1.03. The molecule has 110 valence electrons. The van der Waals surface area contributed by atoms with Gasteiger partial charge in [0.25, 0.3) is 10.0 Å². The quantitative estimate of drug-likeness (QED) is 0.699. The molecule has 0 spiro atoms. The first-order valence-corrected chi connectivity index (χ1v) is 9.01. The van der Waals surface area contributed by atoms with E-state index in [2.05, 4.69) is 41.6 Å². The number of anilines is 1. The maximum absolute atomic E-state index is 12.3. The first kappa shape index (κ1) is 16.3. The molecule has 0 unspecified atom stereocenters. The van der Waals surface area contributed by atoms with Crippen LogP contribution in [0.2, 0.25) is 0 Å². The van der Waals surface area contributed by atoms with Crippen molar-refractivity contribution in [2.45, 2.75) is 4.90 Å². The predicted octanol–water partition coefficient (Wildman–Crippen LogP) is 3.04. The number of aromatic nitrogens is 1. The zero-order valence-corrected chi connectivity index (χ0v) is 15.2. The molecule has 3 N–H and O–H groups in total. The van der Waals surface area contributed by atoms with Crippen LogP contribution < -0.4 is 10.5 Å². The molecule has 1 aromatic carbocycles. The van der Waals surface area contributed by atoms with Gasteiger partial charge in [-0.15, -0.1) is 0 Å². The van der Waals surface area contributed by atoms with Crippen LogP contribution in [0.4, 0.5) is 5.69 Å². The number of benzene rings is 1. The number of sulfonamides is 1. The molecule has 0 aliphatic heterocycles. The van der Waals surface area contributed by atoms with Crippen molar-refractivity contribution >= 4 is 64.8 Å². The molecule has 9 heteroatoms. The number of hydrogen-bond acceptors (Lipinski definition) is 4. The van der Waals surface area contributed by atoms with Crippen LogP contribution in [-0.2, 0) is 10.0 Å². The standard InChI is InChI=1S/C12H9Br2N3O2S2/c13-7-1-3-10(9(14)5-7)17-21(18,19)8-2-4-11(12(15)20)16-6-8/h1-6,17H,(H2,15,20). The molecule has 0 saturated heterocycles. The highest BCUT2D eigenvalue weighted by atomic mass is 79.9. The van der Waals surface area contributed by atoms with E-state index in [-0.39, 0.29) is 9.88 Å². The smallest absolute Gasteiger partial charge is 0.263 e. The second kappa shape index (κ2) is 6.39. The fourth-order valence-electron chi connectivity index (χ4n) is 1.46. The van der Waals surface area contributed by atoms with Gasteiger partial charge in [-0.05, 0) is 46.3 Å². The predicted molar refractivity (Wildman–Crippen MR) is 92.8 cm³/mol. The van der Waals surface area contributed by atoms with Gasteiger partial charge in [-0.1, -0.05) is 28.1 Å². The number of pyridine rings is 1. The molecular formula is C12H9Br2N3O2S2. The van der Waals surface area contributed by atoms with Crippen molar-refractivity contribution in [1.29, 1.82) is 0 Å². The zero-order chi connectivity index (χ0) is 15.6. The minimum Gasteiger partial charge on any atom is -0.388 e. The molecule has 0 saturated carbocycles. The van der Waals surface area contributed by atoms with Crippen LogP contribution in [0.15, 0.2) is 50.4 Å². The van der Waals surface area contributed by atoms with Gasteiger partial charge in [0.15, 0.2) is 0 Å². The fraction of sp³-hybridized carbons (Fsp3) is 0. The summed E-state index contributed by atoms with van der Waals surface area (Å²) in [6, 6.07) is 7.98. The highest BCUT2D eigenvalue weighted by Gasteiger charge is 2.16. The second-order valence-corrected chi connectivity index (χ2v) is 7.87. The summed E-state index contributed by atoms with van der Waals surface area (Å²) in [4.78, 5) is 4.06. The fourth-order valence-corrected chi connectivity index (χ4v) is 3.88. The summed E-state index contributed by atoms with van der Waals surface area (Å²) >= 11 is 11.4. The van der Waals surface area contributed by atoms with E-state index < -0.39 is 10.0 Å². The average molecular weight is 451 g/mol. The van der Waals surface area contributed by atoms with Gasteiger partial charge in [0.2, 0.25) is 0 Å². The average Bonchev–Trinajstić information content (AvgIpc) is 2.42. The number of hydrogen-bond donors (Lipinski definition) is 2. The Kier molecular flexibility index (Phi) is 4.97. The Morgan fingerprint density at radius 3 is 2.48 bits per heavy atom. The lowest BCUT2D eigenvalue weighted by Crippen LogP contribution is -2.15. The van der Waals surface area contributed by atoms with Crippen LogP contribution >= 0.6 is 44.1 Å². The van der Waals surface area contributed by atoms with E-state index in [0.29, 0.717) is 15.9 Å². The first-order chi connectivity index (χ1) is 9.79. The van der Waals surface area contributed by atoms with Crippen molar-refractivity contribution in [3.63, 3.8) is 0 Å². The lowest BCUT2D eigenvalue weighted by atomic mass is 10.3. The topological polar surface area (TPSA) is 85.1 Å². The van der Waals surface area contributed by atoms with Gasteiger partial charge in [-0.2, -0.15) is 0 Å². The molecule has 0 aliphatic carbocycles. The molecule has 5 nitrogen and oxygen atoms in total. The molecule has 0 atom stereocenters. The normalized spacial score (nSPS) is 11.1. The van der Waals surface area contributed by atoms with E-state index in [0.717, 1.165) is 4.47 Å². The van der Waals surface area contributed by atoms with Crippen molar-refractivity contribution in [3.05, 3.63) is 51.2 Å². The number of nitrogens with one attached hydrogen (secondary N) is 1. The minimum absolute atomic E-state index is 0.0253. The Morgan fingerprint density at radius 1 is 1.24 bits per heavy atom. The maximum atomic E-state index is 12.3. The van der Waals surface area contributed by atoms with Crippen molar-refractivity contribution < 1.29 is 8.42 Å².